The van der Waals surface area contributed by atoms with E-state index in [9.17, 15) is 18.0 Å². The lowest BCUT2D eigenvalue weighted by atomic mass is 9.73. The molecule has 3 fully saturated rings. The van der Waals surface area contributed by atoms with Gasteiger partial charge in [0.15, 0.2) is 0 Å². The third-order valence-corrected chi connectivity index (χ3v) is 7.75. The van der Waals surface area contributed by atoms with Crippen molar-refractivity contribution in [3.63, 3.8) is 0 Å². The van der Waals surface area contributed by atoms with Crippen molar-refractivity contribution in [2.45, 2.75) is 57.4 Å². The Morgan fingerprint density at radius 2 is 2.03 bits per heavy atom. The third kappa shape index (κ3) is 2.98. The Bertz CT molecular complexity index is 824. The van der Waals surface area contributed by atoms with Crippen LogP contribution in [0.15, 0.2) is 12.3 Å². The molecular weight excluding hydrogens is 383 g/mol. The van der Waals surface area contributed by atoms with Gasteiger partial charge in [-0.3, -0.25) is 14.7 Å². The Morgan fingerprint density at radius 3 is 2.76 bits per heavy atom. The molecule has 5 nitrogen and oxygen atoms in total. The number of fused-ring (bicyclic) bond motifs is 2. The summed E-state index contributed by atoms with van der Waals surface area (Å²) in [6.07, 6.45) is -0.240. The molecule has 1 saturated carbocycles. The highest BCUT2D eigenvalue weighted by molar-refractivity contribution is 5.87. The lowest BCUT2D eigenvalue weighted by Gasteiger charge is -2.34. The van der Waals surface area contributed by atoms with Gasteiger partial charge in [-0.15, -0.1) is 0 Å². The SMILES string of the molecule is CC1C2Cc3ncc(C(F)(F)F)cc3CN2C(=O)[C@]12CCC(N1CCOCC1)C2. The smallest absolute Gasteiger partial charge is 0.379 e. The Kier molecular flexibility index (Phi) is 4.44. The van der Waals surface area contributed by atoms with Crippen molar-refractivity contribution in [3.05, 3.63) is 29.1 Å². The number of hydrogen-bond donors (Lipinski definition) is 0. The number of rotatable bonds is 1. The van der Waals surface area contributed by atoms with Crippen LogP contribution in [-0.2, 0) is 28.7 Å². The number of carbonyl (C=O) groups excluding carboxylic acids is 1. The molecule has 2 saturated heterocycles. The number of pyridine rings is 1. The Hall–Kier alpha value is -1.67. The highest BCUT2D eigenvalue weighted by atomic mass is 19.4. The molecule has 3 aliphatic heterocycles. The monoisotopic (exact) mass is 409 g/mol. The Balaban J connectivity index is 1.39. The number of nitrogens with zero attached hydrogens (tertiary/aromatic N) is 3. The minimum absolute atomic E-state index is 0.0303. The zero-order valence-corrected chi connectivity index (χ0v) is 16.5. The second-order valence-electron chi connectivity index (χ2n) is 9.02. The predicted octanol–water partition coefficient (Wildman–Crippen LogP) is 2.87. The molecule has 1 aromatic heterocycles. The van der Waals surface area contributed by atoms with Gasteiger partial charge in [0.2, 0.25) is 5.91 Å². The fraction of sp³-hybridized carbons (Fsp3) is 0.714. The summed E-state index contributed by atoms with van der Waals surface area (Å²) < 4.78 is 44.7. The van der Waals surface area contributed by atoms with Crippen molar-refractivity contribution in [2.75, 3.05) is 26.3 Å². The van der Waals surface area contributed by atoms with E-state index in [0.717, 1.165) is 51.8 Å². The molecule has 0 N–H and O–H groups in total. The van der Waals surface area contributed by atoms with Gasteiger partial charge >= 0.3 is 6.18 Å². The fourth-order valence-electron chi connectivity index (χ4n) is 6.05. The largest absolute Gasteiger partial charge is 0.417 e. The van der Waals surface area contributed by atoms with E-state index in [1.54, 1.807) is 0 Å². The molecule has 5 rings (SSSR count). The second kappa shape index (κ2) is 6.67. The van der Waals surface area contributed by atoms with E-state index < -0.39 is 11.7 Å². The van der Waals surface area contributed by atoms with Crippen LogP contribution >= 0.6 is 0 Å². The van der Waals surface area contributed by atoms with Crippen LogP contribution in [0.2, 0.25) is 0 Å². The fourth-order valence-corrected chi connectivity index (χ4v) is 6.05. The molecule has 29 heavy (non-hydrogen) atoms. The summed E-state index contributed by atoms with van der Waals surface area (Å²) in [5.41, 5.74) is 0.121. The first-order chi connectivity index (χ1) is 13.8. The Labute approximate surface area is 168 Å². The van der Waals surface area contributed by atoms with E-state index >= 15 is 0 Å². The molecule has 0 bridgehead atoms. The lowest BCUT2D eigenvalue weighted by molar-refractivity contribution is -0.138. The van der Waals surface area contributed by atoms with E-state index in [0.29, 0.717) is 23.7 Å². The molecule has 4 aliphatic rings. The van der Waals surface area contributed by atoms with E-state index in [-0.39, 0.29) is 29.8 Å². The van der Waals surface area contributed by atoms with Gasteiger partial charge in [-0.1, -0.05) is 6.92 Å². The summed E-state index contributed by atoms with van der Waals surface area (Å²) in [4.78, 5) is 22.0. The number of amides is 1. The van der Waals surface area contributed by atoms with Crippen molar-refractivity contribution in [3.8, 4) is 0 Å². The van der Waals surface area contributed by atoms with Crippen LogP contribution in [-0.4, -0.2) is 59.1 Å². The number of carbonyl (C=O) groups is 1. The molecule has 1 amide bonds. The summed E-state index contributed by atoms with van der Waals surface area (Å²) in [5.74, 6) is 0.312. The average Bonchev–Trinajstić information content (AvgIpc) is 3.24. The zero-order chi connectivity index (χ0) is 20.4. The maximum Gasteiger partial charge on any atom is 0.417 e. The molecule has 8 heteroatoms. The van der Waals surface area contributed by atoms with E-state index in [1.165, 1.54) is 6.07 Å². The van der Waals surface area contributed by atoms with Crippen molar-refractivity contribution in [1.82, 2.24) is 14.8 Å². The summed E-state index contributed by atoms with van der Waals surface area (Å²) in [6.45, 7) is 5.69. The third-order valence-electron chi connectivity index (χ3n) is 7.75. The van der Waals surface area contributed by atoms with Gasteiger partial charge in [-0.05, 0) is 36.8 Å². The van der Waals surface area contributed by atoms with Crippen LogP contribution in [0.5, 0.6) is 0 Å². The van der Waals surface area contributed by atoms with Crippen molar-refractivity contribution < 1.29 is 22.7 Å². The maximum atomic E-state index is 13.5. The molecule has 158 valence electrons. The number of hydrogen-bond acceptors (Lipinski definition) is 4. The number of morpholine rings is 1. The minimum Gasteiger partial charge on any atom is -0.379 e. The van der Waals surface area contributed by atoms with Gasteiger partial charge in [0.25, 0.3) is 0 Å². The summed E-state index contributed by atoms with van der Waals surface area (Å²) in [6, 6.07) is 1.60. The second-order valence-corrected chi connectivity index (χ2v) is 9.02. The highest BCUT2D eigenvalue weighted by Gasteiger charge is 2.60. The molecule has 1 aliphatic carbocycles. The quantitative estimate of drug-likeness (QED) is 0.716. The molecule has 1 spiro atoms. The lowest BCUT2D eigenvalue weighted by Crippen LogP contribution is -2.44. The number of halogens is 3. The van der Waals surface area contributed by atoms with Gasteiger partial charge < -0.3 is 9.64 Å². The normalized spacial score (nSPS) is 35.2. The van der Waals surface area contributed by atoms with Gasteiger partial charge in [-0.2, -0.15) is 13.2 Å². The molecule has 4 heterocycles. The van der Waals surface area contributed by atoms with Crippen LogP contribution in [0, 0.1) is 11.3 Å². The Morgan fingerprint density at radius 1 is 1.28 bits per heavy atom. The number of aromatic nitrogens is 1. The molecule has 0 aromatic carbocycles. The summed E-state index contributed by atoms with van der Waals surface area (Å²) >= 11 is 0. The first-order valence-corrected chi connectivity index (χ1v) is 10.5. The molecule has 1 aromatic rings. The number of alkyl halides is 3. The summed E-state index contributed by atoms with van der Waals surface area (Å²) in [7, 11) is 0. The van der Waals surface area contributed by atoms with Crippen LogP contribution in [0.3, 0.4) is 0 Å². The minimum atomic E-state index is -4.42. The zero-order valence-electron chi connectivity index (χ0n) is 16.5. The first-order valence-electron chi connectivity index (χ1n) is 10.5. The highest BCUT2D eigenvalue weighted by Crippen LogP contribution is 2.55. The van der Waals surface area contributed by atoms with Crippen molar-refractivity contribution >= 4 is 5.91 Å². The molecule has 4 atom stereocenters. The maximum absolute atomic E-state index is 13.5. The van der Waals surface area contributed by atoms with Gasteiger partial charge in [0.1, 0.15) is 0 Å². The standard InChI is InChI=1S/C21H26F3N3O2/c1-13-18-9-17-14(8-15(11-25-17)21(22,23)24)12-27(18)19(28)20(13)3-2-16(10-20)26-4-6-29-7-5-26/h8,11,13,16,18H,2-7,9-10,12H2,1H3/t13?,16?,18?,20-/m0/s1. The van der Waals surface area contributed by atoms with Crippen LogP contribution in [0.1, 0.15) is 43.0 Å². The van der Waals surface area contributed by atoms with Gasteiger partial charge in [-0.25, -0.2) is 0 Å². The van der Waals surface area contributed by atoms with E-state index in [2.05, 4.69) is 16.8 Å². The van der Waals surface area contributed by atoms with Crippen LogP contribution < -0.4 is 0 Å². The average molecular weight is 409 g/mol. The summed E-state index contributed by atoms with van der Waals surface area (Å²) in [5, 5.41) is 0. The topological polar surface area (TPSA) is 45.7 Å². The van der Waals surface area contributed by atoms with Gasteiger partial charge in [0.05, 0.1) is 24.2 Å². The molecular formula is C21H26F3N3O2. The van der Waals surface area contributed by atoms with Crippen LogP contribution in [0.4, 0.5) is 13.2 Å². The van der Waals surface area contributed by atoms with Gasteiger partial charge in [0, 0.05) is 50.0 Å². The van der Waals surface area contributed by atoms with Crippen molar-refractivity contribution in [2.24, 2.45) is 11.3 Å². The molecule has 0 radical (unpaired) electrons. The number of ether oxygens (including phenoxy) is 1. The van der Waals surface area contributed by atoms with E-state index in [1.807, 2.05) is 4.90 Å². The van der Waals surface area contributed by atoms with E-state index in [4.69, 9.17) is 4.74 Å². The predicted molar refractivity (Wildman–Crippen MR) is 98.9 cm³/mol. The van der Waals surface area contributed by atoms with Crippen LogP contribution in [0.25, 0.3) is 0 Å². The van der Waals surface area contributed by atoms with Crippen molar-refractivity contribution in [1.29, 1.82) is 0 Å². The molecule has 3 unspecified atom stereocenters. The first kappa shape index (κ1) is 19.3.